The molecule has 0 amide bonds. The fourth-order valence-electron chi connectivity index (χ4n) is 2.24. The van der Waals surface area contributed by atoms with Gasteiger partial charge < -0.3 is 0 Å². The van der Waals surface area contributed by atoms with E-state index in [1.807, 2.05) is 42.5 Å². The Morgan fingerprint density at radius 3 is 2.89 bits per heavy atom. The molecule has 0 aliphatic heterocycles. The summed E-state index contributed by atoms with van der Waals surface area (Å²) in [6.07, 6.45) is 0. The fourth-order valence-corrected chi connectivity index (χ4v) is 3.63. The van der Waals surface area contributed by atoms with Gasteiger partial charge in [-0.05, 0) is 30.3 Å². The van der Waals surface area contributed by atoms with Crippen molar-refractivity contribution < 1.29 is 0 Å². The number of halogens is 1. The van der Waals surface area contributed by atoms with Crippen LogP contribution in [-0.2, 0) is 0 Å². The number of thiazole rings is 1. The molecular weight excluding hydrogens is 324 g/mol. The first-order chi connectivity index (χ1) is 9.24. The molecule has 0 aliphatic rings. The highest BCUT2D eigenvalue weighted by Crippen LogP contribution is 2.25. The molecule has 0 radical (unpaired) electrons. The van der Waals surface area contributed by atoms with Crippen molar-refractivity contribution in [3.8, 4) is 0 Å². The molecule has 0 saturated carbocycles. The van der Waals surface area contributed by atoms with Gasteiger partial charge in [-0.25, -0.2) is 4.98 Å². The second-order valence-corrected chi connectivity index (χ2v) is 6.19. The van der Waals surface area contributed by atoms with Crippen LogP contribution in [0.1, 0.15) is 0 Å². The summed E-state index contributed by atoms with van der Waals surface area (Å²) >= 11 is 4.93. The van der Waals surface area contributed by atoms with Gasteiger partial charge in [0.2, 0.25) is 0 Å². The normalized spacial score (nSPS) is 11.6. The second kappa shape index (κ2) is 3.88. The van der Waals surface area contributed by atoms with Crippen LogP contribution < -0.4 is 5.56 Å². The van der Waals surface area contributed by atoms with Crippen molar-refractivity contribution in [1.29, 1.82) is 0 Å². The molecule has 0 atom stereocenters. The smallest absolute Gasteiger partial charge is 0.266 e. The Bertz CT molecular complexity index is 1000. The lowest BCUT2D eigenvalue weighted by molar-refractivity contribution is 1.16. The molecule has 0 unspecified atom stereocenters. The lowest BCUT2D eigenvalue weighted by atomic mass is 10.2. The highest BCUT2D eigenvalue weighted by molar-refractivity contribution is 9.10. The molecular formula is C14H7BrN2OS. The number of rotatable bonds is 0. The van der Waals surface area contributed by atoms with Crippen molar-refractivity contribution in [3.63, 3.8) is 0 Å². The van der Waals surface area contributed by atoms with E-state index in [1.165, 1.54) is 11.3 Å². The predicted molar refractivity (Wildman–Crippen MR) is 82.1 cm³/mol. The van der Waals surface area contributed by atoms with E-state index in [0.29, 0.717) is 5.39 Å². The van der Waals surface area contributed by atoms with Crippen LogP contribution in [0.4, 0.5) is 0 Å². The molecule has 0 bridgehead atoms. The topological polar surface area (TPSA) is 34.4 Å². The Morgan fingerprint density at radius 2 is 2.00 bits per heavy atom. The van der Waals surface area contributed by atoms with Gasteiger partial charge in [-0.15, -0.1) is 0 Å². The van der Waals surface area contributed by atoms with Gasteiger partial charge in [0, 0.05) is 4.47 Å². The predicted octanol–water partition coefficient (Wildman–Crippen LogP) is 3.82. The van der Waals surface area contributed by atoms with Crippen LogP contribution in [0.15, 0.2) is 51.7 Å². The minimum Gasteiger partial charge on any atom is -0.268 e. The third kappa shape index (κ3) is 1.55. The Morgan fingerprint density at radius 1 is 1.16 bits per heavy atom. The molecule has 92 valence electrons. The Balaban J connectivity index is 2.34. The van der Waals surface area contributed by atoms with E-state index >= 15 is 0 Å². The average Bonchev–Trinajstić information content (AvgIpc) is 2.78. The van der Waals surface area contributed by atoms with E-state index in [2.05, 4.69) is 20.9 Å². The van der Waals surface area contributed by atoms with Crippen molar-refractivity contribution in [2.45, 2.75) is 0 Å². The summed E-state index contributed by atoms with van der Waals surface area (Å²) < 4.78 is 3.65. The van der Waals surface area contributed by atoms with E-state index in [9.17, 15) is 4.79 Å². The summed E-state index contributed by atoms with van der Waals surface area (Å²) in [7, 11) is 0. The molecule has 0 fully saturated rings. The standard InChI is InChI=1S/C14H7BrN2OS/c15-8-5-6-10-9(7-8)13(18)17-11-3-1-2-4-12(11)19-14(17)16-10/h1-7H. The molecule has 4 aromatic rings. The SMILES string of the molecule is O=c1c2cc(Br)ccc2nc2sc3ccccc3n12. The minimum atomic E-state index is -0.0150. The number of benzene rings is 2. The van der Waals surface area contributed by atoms with Gasteiger partial charge in [-0.1, -0.05) is 39.4 Å². The van der Waals surface area contributed by atoms with Crippen LogP contribution in [-0.4, -0.2) is 9.38 Å². The highest BCUT2D eigenvalue weighted by Gasteiger charge is 2.11. The van der Waals surface area contributed by atoms with Crippen LogP contribution in [0.5, 0.6) is 0 Å². The summed E-state index contributed by atoms with van der Waals surface area (Å²) in [5, 5.41) is 0.635. The number of nitrogens with zero attached hydrogens (tertiary/aromatic N) is 2. The zero-order valence-electron chi connectivity index (χ0n) is 9.63. The van der Waals surface area contributed by atoms with E-state index in [4.69, 9.17) is 0 Å². The van der Waals surface area contributed by atoms with Crippen LogP contribution in [0.3, 0.4) is 0 Å². The maximum Gasteiger partial charge on any atom is 0.266 e. The van der Waals surface area contributed by atoms with E-state index < -0.39 is 0 Å². The third-order valence-corrected chi connectivity index (χ3v) is 4.62. The summed E-state index contributed by atoms with van der Waals surface area (Å²) in [5.41, 5.74) is 1.64. The molecule has 0 N–H and O–H groups in total. The minimum absolute atomic E-state index is 0.0150. The van der Waals surface area contributed by atoms with Crippen LogP contribution in [0.2, 0.25) is 0 Å². The first-order valence-corrected chi connectivity index (χ1v) is 7.34. The van der Waals surface area contributed by atoms with Gasteiger partial charge in [-0.2, -0.15) is 0 Å². The first-order valence-electron chi connectivity index (χ1n) is 5.73. The quantitative estimate of drug-likeness (QED) is 0.491. The van der Waals surface area contributed by atoms with Crippen molar-refractivity contribution in [2.24, 2.45) is 0 Å². The van der Waals surface area contributed by atoms with E-state index in [0.717, 1.165) is 25.2 Å². The van der Waals surface area contributed by atoms with Crippen LogP contribution in [0.25, 0.3) is 26.1 Å². The molecule has 2 aromatic carbocycles. The summed E-state index contributed by atoms with van der Waals surface area (Å²) in [6, 6.07) is 13.5. The van der Waals surface area contributed by atoms with E-state index in [1.54, 1.807) is 4.40 Å². The first kappa shape index (κ1) is 11.1. The van der Waals surface area contributed by atoms with Crippen LogP contribution in [0, 0.1) is 0 Å². The van der Waals surface area contributed by atoms with E-state index in [-0.39, 0.29) is 5.56 Å². The molecule has 19 heavy (non-hydrogen) atoms. The highest BCUT2D eigenvalue weighted by atomic mass is 79.9. The Kier molecular flexibility index (Phi) is 2.28. The van der Waals surface area contributed by atoms with Gasteiger partial charge in [0.15, 0.2) is 4.96 Å². The molecule has 3 nitrogen and oxygen atoms in total. The number of fused-ring (bicyclic) bond motifs is 4. The maximum absolute atomic E-state index is 12.6. The largest absolute Gasteiger partial charge is 0.268 e. The Hall–Kier alpha value is -1.72. The molecule has 2 heterocycles. The maximum atomic E-state index is 12.6. The van der Waals surface area contributed by atoms with Crippen LogP contribution >= 0.6 is 27.3 Å². The average molecular weight is 331 g/mol. The number of para-hydroxylation sites is 1. The van der Waals surface area contributed by atoms with Gasteiger partial charge in [0.25, 0.3) is 5.56 Å². The molecule has 0 aliphatic carbocycles. The summed E-state index contributed by atoms with van der Waals surface area (Å²) in [5.74, 6) is 0. The van der Waals surface area contributed by atoms with Gasteiger partial charge in [0.05, 0.1) is 21.1 Å². The van der Waals surface area contributed by atoms with Crippen molar-refractivity contribution in [1.82, 2.24) is 9.38 Å². The fraction of sp³-hybridized carbons (Fsp3) is 0. The molecule has 5 heteroatoms. The molecule has 0 saturated heterocycles. The number of hydrogen-bond acceptors (Lipinski definition) is 3. The lowest BCUT2D eigenvalue weighted by Crippen LogP contribution is -2.13. The number of hydrogen-bond donors (Lipinski definition) is 0. The number of aromatic nitrogens is 2. The second-order valence-electron chi connectivity index (χ2n) is 4.27. The molecule has 2 aromatic heterocycles. The zero-order chi connectivity index (χ0) is 13.0. The zero-order valence-corrected chi connectivity index (χ0v) is 12.0. The molecule has 0 spiro atoms. The van der Waals surface area contributed by atoms with Gasteiger partial charge >= 0.3 is 0 Å². The monoisotopic (exact) mass is 330 g/mol. The van der Waals surface area contributed by atoms with Gasteiger partial charge in [-0.3, -0.25) is 9.20 Å². The molecule has 4 rings (SSSR count). The third-order valence-electron chi connectivity index (χ3n) is 3.11. The lowest BCUT2D eigenvalue weighted by Gasteiger charge is -1.99. The van der Waals surface area contributed by atoms with Crippen molar-refractivity contribution in [2.75, 3.05) is 0 Å². The Labute approximate surface area is 120 Å². The van der Waals surface area contributed by atoms with Crippen molar-refractivity contribution in [3.05, 3.63) is 57.3 Å². The van der Waals surface area contributed by atoms with Gasteiger partial charge in [0.1, 0.15) is 0 Å². The summed E-state index contributed by atoms with van der Waals surface area (Å²) in [4.78, 5) is 17.9. The summed E-state index contributed by atoms with van der Waals surface area (Å²) in [6.45, 7) is 0. The van der Waals surface area contributed by atoms with Crippen molar-refractivity contribution >= 4 is 53.3 Å².